The second-order valence-electron chi connectivity index (χ2n) is 4.67. The first-order valence-corrected chi connectivity index (χ1v) is 7.09. The maximum absolute atomic E-state index is 12.2. The van der Waals surface area contributed by atoms with Gasteiger partial charge in [-0.1, -0.05) is 17.8 Å². The molecule has 0 atom stereocenters. The zero-order valence-electron chi connectivity index (χ0n) is 11.6. The van der Waals surface area contributed by atoms with Gasteiger partial charge in [-0.25, -0.2) is 4.98 Å². The Hall–Kier alpha value is -1.62. The van der Waals surface area contributed by atoms with E-state index in [9.17, 15) is 4.79 Å². The molecule has 2 aromatic rings. The Balaban J connectivity index is 2.10. The predicted molar refractivity (Wildman–Crippen MR) is 76.8 cm³/mol. The lowest BCUT2D eigenvalue weighted by atomic mass is 9.99. The monoisotopic (exact) mass is 275 g/mol. The Labute approximate surface area is 117 Å². The minimum absolute atomic E-state index is 0.119. The number of aryl methyl sites for hydroxylation is 4. The Morgan fingerprint density at radius 2 is 1.84 bits per heavy atom. The van der Waals surface area contributed by atoms with Crippen molar-refractivity contribution in [2.45, 2.75) is 32.9 Å². The molecule has 1 aromatic carbocycles. The molecule has 1 aromatic heterocycles. The van der Waals surface area contributed by atoms with E-state index in [1.165, 1.54) is 17.3 Å². The van der Waals surface area contributed by atoms with Gasteiger partial charge >= 0.3 is 0 Å². The zero-order chi connectivity index (χ0) is 14.0. The molecule has 5 heteroatoms. The number of aromatic nitrogens is 3. The van der Waals surface area contributed by atoms with Gasteiger partial charge in [-0.15, -0.1) is 5.10 Å². The van der Waals surface area contributed by atoms with Crippen molar-refractivity contribution < 1.29 is 4.79 Å². The Bertz CT molecular complexity index is 619. The summed E-state index contributed by atoms with van der Waals surface area (Å²) in [5.41, 5.74) is 4.18. The fourth-order valence-electron chi connectivity index (χ4n) is 1.86. The number of nitrogens with zero attached hydrogens (tertiary/aromatic N) is 2. The molecule has 19 heavy (non-hydrogen) atoms. The quantitative estimate of drug-likeness (QED) is 0.688. The average Bonchev–Trinajstić information content (AvgIpc) is 2.77. The number of carbonyl (C=O) groups excluding carboxylic acids is 1. The zero-order valence-corrected chi connectivity index (χ0v) is 12.4. The third kappa shape index (κ3) is 3.23. The van der Waals surface area contributed by atoms with Crippen molar-refractivity contribution in [3.63, 3.8) is 0 Å². The molecular formula is C14H17N3OS. The van der Waals surface area contributed by atoms with Crippen LogP contribution in [0.25, 0.3) is 0 Å². The van der Waals surface area contributed by atoms with Crippen molar-refractivity contribution in [3.05, 3.63) is 40.2 Å². The molecule has 0 saturated carbocycles. The minimum atomic E-state index is 0.119. The van der Waals surface area contributed by atoms with Crippen LogP contribution in [0.15, 0.2) is 17.3 Å². The molecule has 0 saturated heterocycles. The molecule has 0 bridgehead atoms. The van der Waals surface area contributed by atoms with Gasteiger partial charge in [0.25, 0.3) is 0 Å². The maximum atomic E-state index is 12.2. The summed E-state index contributed by atoms with van der Waals surface area (Å²) < 4.78 is 0. The first-order chi connectivity index (χ1) is 8.97. The molecule has 1 N–H and O–H groups in total. The number of hydrogen-bond acceptors (Lipinski definition) is 4. The van der Waals surface area contributed by atoms with Crippen molar-refractivity contribution >= 4 is 17.5 Å². The van der Waals surface area contributed by atoms with E-state index < -0.39 is 0 Å². The Kier molecular flexibility index (Phi) is 4.04. The van der Waals surface area contributed by atoms with E-state index in [0.717, 1.165) is 22.5 Å². The van der Waals surface area contributed by atoms with Gasteiger partial charge < -0.3 is 0 Å². The molecule has 2 rings (SSSR count). The normalized spacial score (nSPS) is 10.7. The molecule has 0 radical (unpaired) electrons. The largest absolute Gasteiger partial charge is 0.293 e. The van der Waals surface area contributed by atoms with E-state index in [1.807, 2.05) is 26.8 Å². The van der Waals surface area contributed by atoms with Gasteiger partial charge in [-0.05, 0) is 50.5 Å². The summed E-state index contributed by atoms with van der Waals surface area (Å²) in [7, 11) is 0. The van der Waals surface area contributed by atoms with Crippen LogP contribution < -0.4 is 0 Å². The lowest BCUT2D eigenvalue weighted by Crippen LogP contribution is -2.06. The Morgan fingerprint density at radius 3 is 2.47 bits per heavy atom. The molecule has 0 aliphatic rings. The van der Waals surface area contributed by atoms with Crippen LogP contribution in [0, 0.1) is 27.7 Å². The number of rotatable bonds is 4. The van der Waals surface area contributed by atoms with Crippen LogP contribution >= 0.6 is 11.8 Å². The van der Waals surface area contributed by atoms with Gasteiger partial charge in [0.1, 0.15) is 5.82 Å². The molecule has 1 heterocycles. The van der Waals surface area contributed by atoms with Crippen LogP contribution in [0.4, 0.5) is 0 Å². The second-order valence-corrected chi connectivity index (χ2v) is 5.61. The van der Waals surface area contributed by atoms with E-state index in [4.69, 9.17) is 0 Å². The van der Waals surface area contributed by atoms with Crippen molar-refractivity contribution in [3.8, 4) is 0 Å². The SMILES string of the molecule is Cc1nc(SCC(=O)c2cc(C)c(C)cc2C)n[nH]1. The molecule has 4 nitrogen and oxygen atoms in total. The predicted octanol–water partition coefficient (Wildman–Crippen LogP) is 3.01. The highest BCUT2D eigenvalue weighted by molar-refractivity contribution is 7.99. The number of carbonyl (C=O) groups is 1. The number of nitrogens with one attached hydrogen (secondary N) is 1. The number of benzene rings is 1. The molecule has 0 amide bonds. The van der Waals surface area contributed by atoms with E-state index in [0.29, 0.717) is 10.9 Å². The van der Waals surface area contributed by atoms with Crippen LogP contribution in [0.3, 0.4) is 0 Å². The number of aromatic amines is 1. The molecule has 0 aliphatic carbocycles. The molecule has 100 valence electrons. The van der Waals surface area contributed by atoms with E-state index >= 15 is 0 Å². The number of H-pyrrole nitrogens is 1. The molecule has 0 aliphatic heterocycles. The van der Waals surface area contributed by atoms with Gasteiger partial charge in [0.05, 0.1) is 5.75 Å². The molecule has 0 spiro atoms. The maximum Gasteiger partial charge on any atom is 0.208 e. The summed E-state index contributed by atoms with van der Waals surface area (Å²) in [4.78, 5) is 16.4. The summed E-state index contributed by atoms with van der Waals surface area (Å²) in [5.74, 6) is 1.24. The first-order valence-electron chi connectivity index (χ1n) is 6.10. The van der Waals surface area contributed by atoms with E-state index in [1.54, 1.807) is 0 Å². The molecule has 0 fully saturated rings. The number of hydrogen-bond donors (Lipinski definition) is 1. The third-order valence-corrected chi connectivity index (χ3v) is 3.90. The third-order valence-electron chi connectivity index (χ3n) is 3.05. The Morgan fingerprint density at radius 1 is 1.16 bits per heavy atom. The number of ketones is 1. The van der Waals surface area contributed by atoms with Crippen LogP contribution in [0.5, 0.6) is 0 Å². The lowest BCUT2D eigenvalue weighted by Gasteiger charge is -2.08. The number of thioether (sulfide) groups is 1. The summed E-state index contributed by atoms with van der Waals surface area (Å²) in [6, 6.07) is 4.03. The highest BCUT2D eigenvalue weighted by Gasteiger charge is 2.12. The highest BCUT2D eigenvalue weighted by Crippen LogP contribution is 2.19. The van der Waals surface area contributed by atoms with Crippen LogP contribution in [0.2, 0.25) is 0 Å². The summed E-state index contributed by atoms with van der Waals surface area (Å²) in [6.45, 7) is 7.90. The first kappa shape index (κ1) is 13.8. The van der Waals surface area contributed by atoms with Crippen LogP contribution in [-0.4, -0.2) is 26.7 Å². The summed E-state index contributed by atoms with van der Waals surface area (Å²) in [6.07, 6.45) is 0. The minimum Gasteiger partial charge on any atom is -0.293 e. The van der Waals surface area contributed by atoms with E-state index in [2.05, 4.69) is 28.2 Å². The molecular weight excluding hydrogens is 258 g/mol. The molecule has 0 unspecified atom stereocenters. The van der Waals surface area contributed by atoms with Gasteiger partial charge in [0.2, 0.25) is 5.16 Å². The van der Waals surface area contributed by atoms with Crippen LogP contribution in [-0.2, 0) is 0 Å². The fraction of sp³-hybridized carbons (Fsp3) is 0.357. The van der Waals surface area contributed by atoms with Crippen molar-refractivity contribution in [2.75, 3.05) is 5.75 Å². The van der Waals surface area contributed by atoms with Gasteiger partial charge in [0, 0.05) is 5.56 Å². The van der Waals surface area contributed by atoms with Gasteiger partial charge in [0.15, 0.2) is 5.78 Å². The van der Waals surface area contributed by atoms with Gasteiger partial charge in [-0.2, -0.15) is 0 Å². The van der Waals surface area contributed by atoms with Crippen LogP contribution in [0.1, 0.15) is 32.9 Å². The van der Waals surface area contributed by atoms with Crippen molar-refractivity contribution in [1.82, 2.24) is 15.2 Å². The van der Waals surface area contributed by atoms with Crippen molar-refractivity contribution in [1.29, 1.82) is 0 Å². The van der Waals surface area contributed by atoms with Crippen molar-refractivity contribution in [2.24, 2.45) is 0 Å². The second kappa shape index (κ2) is 5.57. The summed E-state index contributed by atoms with van der Waals surface area (Å²) >= 11 is 1.36. The van der Waals surface area contributed by atoms with Gasteiger partial charge in [-0.3, -0.25) is 9.89 Å². The highest BCUT2D eigenvalue weighted by atomic mass is 32.2. The summed E-state index contributed by atoms with van der Waals surface area (Å²) in [5, 5.41) is 7.39. The number of Topliss-reactive ketones (excluding diaryl/α,β-unsaturated/α-hetero) is 1. The topological polar surface area (TPSA) is 58.6 Å². The lowest BCUT2D eigenvalue weighted by molar-refractivity contribution is 0.102. The fourth-order valence-corrected chi connectivity index (χ4v) is 2.58. The smallest absolute Gasteiger partial charge is 0.208 e. The standard InChI is InChI=1S/C14H17N3OS/c1-8-5-10(3)12(6-9(8)2)13(18)7-19-14-15-11(4)16-17-14/h5-6H,7H2,1-4H3,(H,15,16,17). The van der Waals surface area contributed by atoms with E-state index in [-0.39, 0.29) is 5.78 Å². The average molecular weight is 275 g/mol.